The number of benzene rings is 1. The third-order valence-electron chi connectivity index (χ3n) is 2.39. The Balaban J connectivity index is 2.88. The van der Waals surface area contributed by atoms with Crippen LogP contribution < -0.4 is 0 Å². The van der Waals surface area contributed by atoms with Crippen molar-refractivity contribution in [1.29, 1.82) is 5.26 Å². The van der Waals surface area contributed by atoms with Crippen LogP contribution in [0.25, 0.3) is 0 Å². The fourth-order valence-corrected chi connectivity index (χ4v) is 1.69. The van der Waals surface area contributed by atoms with Crippen molar-refractivity contribution in [2.75, 3.05) is 0 Å². The van der Waals surface area contributed by atoms with Crippen molar-refractivity contribution in [3.63, 3.8) is 0 Å². The van der Waals surface area contributed by atoms with Crippen molar-refractivity contribution >= 4 is 21.7 Å². The van der Waals surface area contributed by atoms with Gasteiger partial charge in [0, 0.05) is 5.92 Å². The average Bonchev–Trinajstić information content (AvgIpc) is 2.27. The molecule has 0 aliphatic rings. The first-order valence-corrected chi connectivity index (χ1v) is 5.62. The van der Waals surface area contributed by atoms with E-state index >= 15 is 0 Å². The lowest BCUT2D eigenvalue weighted by atomic mass is 9.95. The summed E-state index contributed by atoms with van der Waals surface area (Å²) in [6.45, 7) is 3.56. The predicted octanol–water partition coefficient (Wildman–Crippen LogP) is 3.01. The van der Waals surface area contributed by atoms with Gasteiger partial charge in [-0.2, -0.15) is 5.26 Å². The van der Waals surface area contributed by atoms with E-state index in [0.29, 0.717) is 5.56 Å². The minimum atomic E-state index is -0.162. The van der Waals surface area contributed by atoms with E-state index in [0.717, 1.165) is 5.56 Å². The predicted molar refractivity (Wildman–Crippen MR) is 63.0 cm³/mol. The summed E-state index contributed by atoms with van der Waals surface area (Å²) in [6, 6.07) is 9.38. The number of ketones is 1. The maximum Gasteiger partial charge on any atom is 0.144 e. The molecule has 0 spiro atoms. The molecule has 0 aliphatic heterocycles. The molecule has 1 aromatic rings. The van der Waals surface area contributed by atoms with Crippen LogP contribution in [0.4, 0.5) is 0 Å². The molecule has 2 nitrogen and oxygen atoms in total. The number of alkyl halides is 1. The standard InChI is InChI=1S/C12H12BrNO/c1-8(12(13)9(2)15)11-5-3-10(7-14)4-6-11/h3-6,8,12H,1-2H3. The summed E-state index contributed by atoms with van der Waals surface area (Å²) in [5.74, 6) is 0.238. The molecule has 0 fully saturated rings. The van der Waals surface area contributed by atoms with Gasteiger partial charge in [-0.25, -0.2) is 0 Å². The zero-order valence-electron chi connectivity index (χ0n) is 8.70. The number of Topliss-reactive ketones (excluding diaryl/α,β-unsaturated/α-hetero) is 1. The molecule has 0 heterocycles. The van der Waals surface area contributed by atoms with E-state index in [4.69, 9.17) is 5.26 Å². The molecule has 0 saturated carbocycles. The number of carbonyl (C=O) groups is 1. The molecule has 2 unspecified atom stereocenters. The Morgan fingerprint density at radius 2 is 1.93 bits per heavy atom. The summed E-state index contributed by atoms with van der Waals surface area (Å²) < 4.78 is 0. The van der Waals surface area contributed by atoms with Gasteiger partial charge < -0.3 is 0 Å². The number of nitriles is 1. The SMILES string of the molecule is CC(=O)C(Br)C(C)c1ccc(C#N)cc1. The first kappa shape index (κ1) is 11.9. The van der Waals surface area contributed by atoms with Crippen molar-refractivity contribution in [1.82, 2.24) is 0 Å². The van der Waals surface area contributed by atoms with Gasteiger partial charge in [-0.1, -0.05) is 35.0 Å². The van der Waals surface area contributed by atoms with Crippen LogP contribution in [0.5, 0.6) is 0 Å². The summed E-state index contributed by atoms with van der Waals surface area (Å²) >= 11 is 3.37. The van der Waals surface area contributed by atoms with Crippen LogP contribution in [-0.4, -0.2) is 10.6 Å². The van der Waals surface area contributed by atoms with Crippen LogP contribution in [0.1, 0.15) is 30.9 Å². The lowest BCUT2D eigenvalue weighted by Crippen LogP contribution is -2.17. The van der Waals surface area contributed by atoms with E-state index in [1.807, 2.05) is 19.1 Å². The molecular formula is C12H12BrNO. The Morgan fingerprint density at radius 3 is 2.33 bits per heavy atom. The Bertz CT molecular complexity index is 391. The highest BCUT2D eigenvalue weighted by Crippen LogP contribution is 2.25. The number of hydrogen-bond donors (Lipinski definition) is 0. The minimum absolute atomic E-state index is 0.117. The van der Waals surface area contributed by atoms with Gasteiger partial charge in [-0.05, 0) is 24.6 Å². The summed E-state index contributed by atoms with van der Waals surface area (Å²) in [4.78, 5) is 11.0. The lowest BCUT2D eigenvalue weighted by molar-refractivity contribution is -0.116. The van der Waals surface area contributed by atoms with Crippen molar-refractivity contribution in [3.8, 4) is 6.07 Å². The lowest BCUT2D eigenvalue weighted by Gasteiger charge is -2.15. The first-order valence-electron chi connectivity index (χ1n) is 4.71. The number of nitrogens with zero attached hydrogens (tertiary/aromatic N) is 1. The van der Waals surface area contributed by atoms with E-state index < -0.39 is 0 Å². The van der Waals surface area contributed by atoms with E-state index in [-0.39, 0.29) is 16.5 Å². The fourth-order valence-electron chi connectivity index (χ4n) is 1.38. The van der Waals surface area contributed by atoms with E-state index in [1.165, 1.54) is 0 Å². The number of rotatable bonds is 3. The van der Waals surface area contributed by atoms with Crippen molar-refractivity contribution in [2.24, 2.45) is 0 Å². The molecule has 1 rings (SSSR count). The van der Waals surface area contributed by atoms with Gasteiger partial charge >= 0.3 is 0 Å². The fraction of sp³-hybridized carbons (Fsp3) is 0.333. The van der Waals surface area contributed by atoms with Gasteiger partial charge in [-0.3, -0.25) is 4.79 Å². The van der Waals surface area contributed by atoms with Crippen molar-refractivity contribution < 1.29 is 4.79 Å². The van der Waals surface area contributed by atoms with Gasteiger partial charge in [0.05, 0.1) is 16.5 Å². The molecule has 78 valence electrons. The summed E-state index contributed by atoms with van der Waals surface area (Å²) in [7, 11) is 0. The highest BCUT2D eigenvalue weighted by Gasteiger charge is 2.19. The second kappa shape index (κ2) is 5.09. The summed E-state index contributed by atoms with van der Waals surface area (Å²) in [5.41, 5.74) is 1.70. The molecule has 0 amide bonds. The Morgan fingerprint density at radius 1 is 1.40 bits per heavy atom. The van der Waals surface area contributed by atoms with Crippen LogP contribution in [0, 0.1) is 11.3 Å². The van der Waals surface area contributed by atoms with Gasteiger partial charge in [0.15, 0.2) is 0 Å². The van der Waals surface area contributed by atoms with Gasteiger partial charge in [0.25, 0.3) is 0 Å². The molecule has 0 N–H and O–H groups in total. The van der Waals surface area contributed by atoms with Crippen LogP contribution >= 0.6 is 15.9 Å². The van der Waals surface area contributed by atoms with Crippen LogP contribution in [0.15, 0.2) is 24.3 Å². The van der Waals surface area contributed by atoms with E-state index in [1.54, 1.807) is 19.1 Å². The van der Waals surface area contributed by atoms with E-state index in [9.17, 15) is 4.79 Å². The summed E-state index contributed by atoms with van der Waals surface area (Å²) in [5, 5.41) is 8.65. The molecule has 0 bridgehead atoms. The Labute approximate surface area is 98.0 Å². The van der Waals surface area contributed by atoms with Gasteiger partial charge in [0.1, 0.15) is 5.78 Å². The van der Waals surface area contributed by atoms with Crippen LogP contribution in [0.2, 0.25) is 0 Å². The average molecular weight is 266 g/mol. The first-order chi connectivity index (χ1) is 7.06. The second-order valence-corrected chi connectivity index (χ2v) is 4.52. The quantitative estimate of drug-likeness (QED) is 0.789. The highest BCUT2D eigenvalue weighted by molar-refractivity contribution is 9.10. The molecule has 15 heavy (non-hydrogen) atoms. The van der Waals surface area contributed by atoms with E-state index in [2.05, 4.69) is 22.0 Å². The van der Waals surface area contributed by atoms with Gasteiger partial charge in [-0.15, -0.1) is 0 Å². The molecule has 0 saturated heterocycles. The maximum absolute atomic E-state index is 11.2. The van der Waals surface area contributed by atoms with Crippen molar-refractivity contribution in [3.05, 3.63) is 35.4 Å². The topological polar surface area (TPSA) is 40.9 Å². The van der Waals surface area contributed by atoms with Crippen LogP contribution in [0.3, 0.4) is 0 Å². The second-order valence-electron chi connectivity index (χ2n) is 3.53. The smallest absolute Gasteiger partial charge is 0.144 e. The monoisotopic (exact) mass is 265 g/mol. The third-order valence-corrected chi connectivity index (χ3v) is 3.83. The normalized spacial score (nSPS) is 14.0. The molecule has 0 aliphatic carbocycles. The minimum Gasteiger partial charge on any atom is -0.299 e. The Kier molecular flexibility index (Phi) is 4.05. The third kappa shape index (κ3) is 2.90. The zero-order valence-corrected chi connectivity index (χ0v) is 10.3. The number of carbonyl (C=O) groups excluding carboxylic acids is 1. The molecule has 0 aromatic heterocycles. The molecule has 2 atom stereocenters. The highest BCUT2D eigenvalue weighted by atomic mass is 79.9. The summed E-state index contributed by atoms with van der Waals surface area (Å²) in [6.07, 6.45) is 0. The molecule has 1 aromatic carbocycles. The maximum atomic E-state index is 11.2. The van der Waals surface area contributed by atoms with Crippen molar-refractivity contribution in [2.45, 2.75) is 24.6 Å². The largest absolute Gasteiger partial charge is 0.299 e. The number of hydrogen-bond acceptors (Lipinski definition) is 2. The van der Waals surface area contributed by atoms with Crippen LogP contribution in [-0.2, 0) is 4.79 Å². The molecule has 0 radical (unpaired) electrons. The zero-order chi connectivity index (χ0) is 11.4. The molecular weight excluding hydrogens is 254 g/mol. The molecule has 3 heteroatoms. The van der Waals surface area contributed by atoms with Gasteiger partial charge in [0.2, 0.25) is 0 Å². The Hall–Kier alpha value is -1.14. The number of halogens is 1.